The summed E-state index contributed by atoms with van der Waals surface area (Å²) in [5, 5.41) is 3.26. The van der Waals surface area contributed by atoms with E-state index in [0.29, 0.717) is 6.73 Å². The van der Waals surface area contributed by atoms with E-state index in [-0.39, 0.29) is 5.41 Å². The first-order valence-electron chi connectivity index (χ1n) is 6.98. The fourth-order valence-corrected chi connectivity index (χ4v) is 2.44. The smallest absolute Gasteiger partial charge is 0.139 e. The molecule has 1 aromatic heterocycles. The number of nitrogens with one attached hydrogen (secondary N) is 1. The molecule has 0 saturated heterocycles. The van der Waals surface area contributed by atoms with Gasteiger partial charge in [0.15, 0.2) is 0 Å². The third-order valence-corrected chi connectivity index (χ3v) is 3.61. The van der Waals surface area contributed by atoms with Gasteiger partial charge in [-0.25, -0.2) is 0 Å². The van der Waals surface area contributed by atoms with Crippen LogP contribution in [0.25, 0.3) is 11.3 Å². The van der Waals surface area contributed by atoms with Crippen molar-refractivity contribution in [3.8, 4) is 17.0 Å². The summed E-state index contributed by atoms with van der Waals surface area (Å²) in [4.78, 5) is 4.48. The molecule has 1 aliphatic rings. The normalized spacial score (nSPS) is 14.6. The lowest BCUT2D eigenvalue weighted by Crippen LogP contribution is -2.26. The molecule has 0 fully saturated rings. The van der Waals surface area contributed by atoms with E-state index in [1.54, 1.807) is 0 Å². The Labute approximate surface area is 120 Å². The van der Waals surface area contributed by atoms with Crippen molar-refractivity contribution in [2.75, 3.05) is 6.73 Å². The van der Waals surface area contributed by atoms with Crippen LogP contribution in [0.5, 0.6) is 5.75 Å². The second kappa shape index (κ2) is 4.91. The summed E-state index contributed by atoms with van der Waals surface area (Å²) < 4.78 is 5.83. The molecular weight excluding hydrogens is 248 g/mol. The lowest BCUT2D eigenvalue weighted by molar-refractivity contribution is 0.258. The highest BCUT2D eigenvalue weighted by molar-refractivity contribution is 5.71. The number of aromatic nitrogens is 1. The maximum Gasteiger partial charge on any atom is 0.139 e. The molecule has 2 aromatic rings. The van der Waals surface area contributed by atoms with Crippen LogP contribution in [0.4, 0.5) is 0 Å². The van der Waals surface area contributed by atoms with Crippen LogP contribution in [-0.4, -0.2) is 11.7 Å². The number of rotatable bonds is 1. The van der Waals surface area contributed by atoms with Gasteiger partial charge in [0, 0.05) is 23.9 Å². The zero-order chi connectivity index (χ0) is 14.2. The number of fused-ring (bicyclic) bond motifs is 1. The van der Waals surface area contributed by atoms with Crippen molar-refractivity contribution in [3.63, 3.8) is 0 Å². The Hall–Kier alpha value is -1.87. The standard InChI is InChI=1S/C17H20N2O/c1-17(2,3)13-8-12-10-18-11-20-16(12)14(9-13)15-6-4-5-7-19-15/h4-9,18H,10-11H2,1-3H3. The minimum atomic E-state index is 0.107. The van der Waals surface area contributed by atoms with Gasteiger partial charge in [0.2, 0.25) is 0 Å². The monoisotopic (exact) mass is 268 g/mol. The summed E-state index contributed by atoms with van der Waals surface area (Å²) in [5.41, 5.74) is 4.69. The van der Waals surface area contributed by atoms with E-state index in [4.69, 9.17) is 4.74 Å². The molecule has 0 bridgehead atoms. The Morgan fingerprint density at radius 2 is 2.05 bits per heavy atom. The molecule has 0 aliphatic carbocycles. The maximum atomic E-state index is 5.83. The van der Waals surface area contributed by atoms with Gasteiger partial charge in [-0.2, -0.15) is 0 Å². The fourth-order valence-electron chi connectivity index (χ4n) is 2.44. The molecule has 0 spiro atoms. The molecule has 0 amide bonds. The van der Waals surface area contributed by atoms with Gasteiger partial charge < -0.3 is 4.74 Å². The average molecular weight is 268 g/mol. The molecule has 2 heterocycles. The van der Waals surface area contributed by atoms with Crippen LogP contribution in [0.2, 0.25) is 0 Å². The summed E-state index contributed by atoms with van der Waals surface area (Å²) in [6.45, 7) is 8.09. The second-order valence-electron chi connectivity index (χ2n) is 6.19. The van der Waals surface area contributed by atoms with Gasteiger partial charge in [-0.15, -0.1) is 0 Å². The van der Waals surface area contributed by atoms with Crippen molar-refractivity contribution in [2.45, 2.75) is 32.7 Å². The Balaban J connectivity index is 2.21. The molecule has 0 unspecified atom stereocenters. The number of benzene rings is 1. The summed E-state index contributed by atoms with van der Waals surface area (Å²) in [6.07, 6.45) is 1.83. The predicted molar refractivity (Wildman–Crippen MR) is 80.7 cm³/mol. The molecule has 0 saturated carbocycles. The van der Waals surface area contributed by atoms with Gasteiger partial charge in [-0.3, -0.25) is 10.3 Å². The van der Waals surface area contributed by atoms with Crippen molar-refractivity contribution in [2.24, 2.45) is 0 Å². The molecular formula is C17H20N2O. The molecule has 20 heavy (non-hydrogen) atoms. The zero-order valence-corrected chi connectivity index (χ0v) is 12.2. The zero-order valence-electron chi connectivity index (χ0n) is 12.2. The summed E-state index contributed by atoms with van der Waals surface area (Å²) in [5.74, 6) is 0.968. The minimum Gasteiger partial charge on any atom is -0.477 e. The van der Waals surface area contributed by atoms with Crippen LogP contribution in [0, 0.1) is 0 Å². The second-order valence-corrected chi connectivity index (χ2v) is 6.19. The molecule has 0 atom stereocenters. The Morgan fingerprint density at radius 3 is 2.75 bits per heavy atom. The van der Waals surface area contributed by atoms with E-state index in [0.717, 1.165) is 23.6 Å². The molecule has 104 valence electrons. The molecule has 3 heteroatoms. The van der Waals surface area contributed by atoms with Crippen molar-refractivity contribution >= 4 is 0 Å². The van der Waals surface area contributed by atoms with Crippen molar-refractivity contribution in [3.05, 3.63) is 47.7 Å². The van der Waals surface area contributed by atoms with Crippen LogP contribution in [0.1, 0.15) is 31.9 Å². The van der Waals surface area contributed by atoms with Gasteiger partial charge in [-0.1, -0.05) is 32.9 Å². The van der Waals surface area contributed by atoms with Crippen molar-refractivity contribution in [1.82, 2.24) is 10.3 Å². The third-order valence-electron chi connectivity index (χ3n) is 3.61. The van der Waals surface area contributed by atoms with E-state index < -0.39 is 0 Å². The highest BCUT2D eigenvalue weighted by atomic mass is 16.5. The first-order valence-corrected chi connectivity index (χ1v) is 6.98. The SMILES string of the molecule is CC(C)(C)c1cc2c(c(-c3ccccn3)c1)OCNC2. The van der Waals surface area contributed by atoms with Crippen LogP contribution in [-0.2, 0) is 12.0 Å². The highest BCUT2D eigenvalue weighted by Crippen LogP contribution is 2.38. The first kappa shape index (κ1) is 13.1. The van der Waals surface area contributed by atoms with E-state index in [1.807, 2.05) is 24.4 Å². The Kier molecular flexibility index (Phi) is 3.22. The molecule has 0 radical (unpaired) electrons. The summed E-state index contributed by atoms with van der Waals surface area (Å²) in [7, 11) is 0. The van der Waals surface area contributed by atoms with Gasteiger partial charge >= 0.3 is 0 Å². The molecule has 1 aliphatic heterocycles. The topological polar surface area (TPSA) is 34.1 Å². The molecule has 1 N–H and O–H groups in total. The van der Waals surface area contributed by atoms with Crippen LogP contribution in [0.15, 0.2) is 36.5 Å². The summed E-state index contributed by atoms with van der Waals surface area (Å²) in [6, 6.07) is 10.4. The predicted octanol–water partition coefficient (Wildman–Crippen LogP) is 3.49. The fraction of sp³-hybridized carbons (Fsp3) is 0.353. The van der Waals surface area contributed by atoms with Crippen molar-refractivity contribution in [1.29, 1.82) is 0 Å². The van der Waals surface area contributed by atoms with E-state index in [9.17, 15) is 0 Å². The lowest BCUT2D eigenvalue weighted by Gasteiger charge is -2.26. The van der Waals surface area contributed by atoms with Crippen molar-refractivity contribution < 1.29 is 4.74 Å². The van der Waals surface area contributed by atoms with Gasteiger partial charge in [0.25, 0.3) is 0 Å². The number of hydrogen-bond acceptors (Lipinski definition) is 3. The van der Waals surface area contributed by atoms with Gasteiger partial charge in [-0.05, 0) is 29.2 Å². The number of pyridine rings is 1. The summed E-state index contributed by atoms with van der Waals surface area (Å²) >= 11 is 0. The third kappa shape index (κ3) is 2.41. The molecule has 3 nitrogen and oxygen atoms in total. The first-order chi connectivity index (χ1) is 9.55. The number of ether oxygens (including phenoxy) is 1. The molecule has 1 aromatic carbocycles. The largest absolute Gasteiger partial charge is 0.477 e. The van der Waals surface area contributed by atoms with E-state index >= 15 is 0 Å². The van der Waals surface area contributed by atoms with E-state index in [2.05, 4.69) is 43.2 Å². The maximum absolute atomic E-state index is 5.83. The average Bonchev–Trinajstić information content (AvgIpc) is 2.46. The molecule has 3 rings (SSSR count). The van der Waals surface area contributed by atoms with Crippen LogP contribution < -0.4 is 10.1 Å². The van der Waals surface area contributed by atoms with Crippen LogP contribution in [0.3, 0.4) is 0 Å². The van der Waals surface area contributed by atoms with Crippen LogP contribution >= 0.6 is 0 Å². The lowest BCUT2D eigenvalue weighted by atomic mass is 9.84. The quantitative estimate of drug-likeness (QED) is 0.859. The Bertz CT molecular complexity index is 615. The number of nitrogens with zero attached hydrogens (tertiary/aromatic N) is 1. The van der Waals surface area contributed by atoms with Gasteiger partial charge in [0.1, 0.15) is 12.5 Å². The Morgan fingerprint density at radius 1 is 1.20 bits per heavy atom. The minimum absolute atomic E-state index is 0.107. The van der Waals surface area contributed by atoms with Gasteiger partial charge in [0.05, 0.1) is 5.69 Å². The number of hydrogen-bond donors (Lipinski definition) is 1. The van der Waals surface area contributed by atoms with E-state index in [1.165, 1.54) is 11.1 Å². The highest BCUT2D eigenvalue weighted by Gasteiger charge is 2.22.